The molecule has 0 saturated carbocycles. The summed E-state index contributed by atoms with van der Waals surface area (Å²) in [6.07, 6.45) is 1.93. The lowest BCUT2D eigenvalue weighted by Crippen LogP contribution is -2.49. The molecule has 1 saturated heterocycles. The van der Waals surface area contributed by atoms with Gasteiger partial charge in [-0.25, -0.2) is 4.79 Å². The van der Waals surface area contributed by atoms with Crippen LogP contribution < -0.4 is 0 Å². The Morgan fingerprint density at radius 3 is 2.38 bits per heavy atom. The van der Waals surface area contributed by atoms with Gasteiger partial charge in [0.05, 0.1) is 6.61 Å². The fourth-order valence-electron chi connectivity index (χ4n) is 2.63. The van der Waals surface area contributed by atoms with Crippen LogP contribution in [0.4, 0.5) is 4.79 Å². The number of carboxylic acids is 1. The second-order valence-electron chi connectivity index (χ2n) is 5.78. The van der Waals surface area contributed by atoms with Crippen LogP contribution in [0.5, 0.6) is 0 Å². The van der Waals surface area contributed by atoms with Gasteiger partial charge in [0.1, 0.15) is 6.54 Å². The summed E-state index contributed by atoms with van der Waals surface area (Å²) in [5.74, 6) is -0.391. The molecule has 0 aliphatic carbocycles. The van der Waals surface area contributed by atoms with Crippen LogP contribution in [0, 0.1) is 5.92 Å². The Hall–Kier alpha value is -1.34. The summed E-state index contributed by atoms with van der Waals surface area (Å²) >= 11 is 0. The van der Waals surface area contributed by atoms with Crippen molar-refractivity contribution < 1.29 is 19.4 Å². The van der Waals surface area contributed by atoms with E-state index in [0.29, 0.717) is 32.2 Å². The predicted octanol–water partition coefficient (Wildman–Crippen LogP) is 0.413. The number of likely N-dealkylation sites (tertiary alicyclic amines) is 1. The molecule has 2 amide bonds. The highest BCUT2D eigenvalue weighted by Crippen LogP contribution is 2.18. The Labute approximate surface area is 126 Å². The van der Waals surface area contributed by atoms with Crippen LogP contribution in [-0.4, -0.2) is 92.3 Å². The van der Waals surface area contributed by atoms with Crippen LogP contribution in [0.15, 0.2) is 0 Å². The molecule has 0 atom stereocenters. The van der Waals surface area contributed by atoms with E-state index < -0.39 is 5.97 Å². The number of carbonyl (C=O) groups excluding carboxylic acids is 1. The molecule has 1 rings (SSSR count). The van der Waals surface area contributed by atoms with Crippen molar-refractivity contribution in [3.05, 3.63) is 0 Å². The van der Waals surface area contributed by atoms with Gasteiger partial charge in [0, 0.05) is 33.3 Å². The first kappa shape index (κ1) is 17.7. The first-order valence-corrected chi connectivity index (χ1v) is 7.33. The number of ether oxygens (including phenoxy) is 1. The molecule has 0 bridgehead atoms. The highest BCUT2D eigenvalue weighted by Gasteiger charge is 2.27. The van der Waals surface area contributed by atoms with E-state index >= 15 is 0 Å². The molecule has 21 heavy (non-hydrogen) atoms. The van der Waals surface area contributed by atoms with E-state index in [0.717, 1.165) is 19.4 Å². The summed E-state index contributed by atoms with van der Waals surface area (Å²) in [5.41, 5.74) is 0. The minimum absolute atomic E-state index is 0.197. The van der Waals surface area contributed by atoms with Crippen molar-refractivity contribution in [1.82, 2.24) is 14.7 Å². The zero-order valence-corrected chi connectivity index (χ0v) is 13.2. The molecule has 0 radical (unpaired) electrons. The molecule has 1 aliphatic rings. The Balaban J connectivity index is 2.50. The topological polar surface area (TPSA) is 73.3 Å². The zero-order chi connectivity index (χ0) is 15.8. The summed E-state index contributed by atoms with van der Waals surface area (Å²) < 4.78 is 4.94. The van der Waals surface area contributed by atoms with Crippen LogP contribution in [-0.2, 0) is 9.53 Å². The number of urea groups is 1. The molecule has 7 nitrogen and oxygen atoms in total. The maximum absolute atomic E-state index is 12.4. The minimum atomic E-state index is -0.998. The number of hydrogen-bond acceptors (Lipinski definition) is 4. The Bertz CT molecular complexity index is 341. The van der Waals surface area contributed by atoms with Crippen LogP contribution in [0.1, 0.15) is 12.8 Å². The maximum Gasteiger partial charge on any atom is 0.323 e. The number of rotatable bonds is 7. The molecule has 0 aromatic carbocycles. The number of carbonyl (C=O) groups is 2. The standard InChI is InChI=1S/C14H27N3O4/c1-15(2)10-12-4-6-16(7-5-12)14(20)17(8-9-21-3)11-13(18)19/h12H,4-11H2,1-3H3,(H,18,19). The van der Waals surface area contributed by atoms with Crippen molar-refractivity contribution in [3.8, 4) is 0 Å². The predicted molar refractivity (Wildman–Crippen MR) is 79.3 cm³/mol. The van der Waals surface area contributed by atoms with Gasteiger partial charge < -0.3 is 24.5 Å². The van der Waals surface area contributed by atoms with Crippen LogP contribution in [0.2, 0.25) is 0 Å². The quantitative estimate of drug-likeness (QED) is 0.737. The number of carboxylic acid groups (broad SMARTS) is 1. The number of piperidine rings is 1. The summed E-state index contributed by atoms with van der Waals surface area (Å²) in [5, 5.41) is 8.91. The molecule has 7 heteroatoms. The van der Waals surface area contributed by atoms with Crippen molar-refractivity contribution in [2.75, 3.05) is 60.5 Å². The van der Waals surface area contributed by atoms with Gasteiger partial charge in [-0.15, -0.1) is 0 Å². The van der Waals surface area contributed by atoms with Crippen molar-refractivity contribution in [1.29, 1.82) is 0 Å². The summed E-state index contributed by atoms with van der Waals surface area (Å²) in [6, 6.07) is -0.197. The minimum Gasteiger partial charge on any atom is -0.480 e. The lowest BCUT2D eigenvalue weighted by molar-refractivity contribution is -0.137. The van der Waals surface area contributed by atoms with Gasteiger partial charge in [-0.1, -0.05) is 0 Å². The number of hydrogen-bond donors (Lipinski definition) is 1. The fraction of sp³-hybridized carbons (Fsp3) is 0.857. The van der Waals surface area contributed by atoms with Gasteiger partial charge in [-0.2, -0.15) is 0 Å². The normalized spacial score (nSPS) is 16.3. The first-order chi connectivity index (χ1) is 9.93. The van der Waals surface area contributed by atoms with Crippen molar-refractivity contribution in [2.24, 2.45) is 5.92 Å². The van der Waals surface area contributed by atoms with Gasteiger partial charge in [0.25, 0.3) is 0 Å². The largest absolute Gasteiger partial charge is 0.480 e. The third kappa shape index (κ3) is 6.31. The van der Waals surface area contributed by atoms with Gasteiger partial charge in [-0.05, 0) is 32.9 Å². The smallest absolute Gasteiger partial charge is 0.323 e. The molecule has 0 aromatic heterocycles. The molecule has 1 N–H and O–H groups in total. The van der Waals surface area contributed by atoms with Crippen molar-refractivity contribution >= 4 is 12.0 Å². The van der Waals surface area contributed by atoms with E-state index in [2.05, 4.69) is 19.0 Å². The third-order valence-electron chi connectivity index (χ3n) is 3.67. The second-order valence-corrected chi connectivity index (χ2v) is 5.78. The Morgan fingerprint density at radius 1 is 1.29 bits per heavy atom. The SMILES string of the molecule is COCCN(CC(=O)O)C(=O)N1CCC(CN(C)C)CC1. The van der Waals surface area contributed by atoms with E-state index in [9.17, 15) is 9.59 Å². The van der Waals surface area contributed by atoms with Gasteiger partial charge in [-0.3, -0.25) is 4.79 Å². The van der Waals surface area contributed by atoms with E-state index in [1.165, 1.54) is 12.0 Å². The number of methoxy groups -OCH3 is 1. The molecule has 1 heterocycles. The monoisotopic (exact) mass is 301 g/mol. The lowest BCUT2D eigenvalue weighted by Gasteiger charge is -2.36. The first-order valence-electron chi connectivity index (χ1n) is 7.33. The van der Waals surface area contributed by atoms with E-state index in [1.54, 1.807) is 4.90 Å². The van der Waals surface area contributed by atoms with E-state index in [1.807, 2.05) is 0 Å². The lowest BCUT2D eigenvalue weighted by atomic mass is 9.96. The highest BCUT2D eigenvalue weighted by molar-refractivity contribution is 5.80. The van der Waals surface area contributed by atoms with E-state index in [-0.39, 0.29) is 12.6 Å². The van der Waals surface area contributed by atoms with Crippen LogP contribution >= 0.6 is 0 Å². The van der Waals surface area contributed by atoms with Crippen molar-refractivity contribution in [2.45, 2.75) is 12.8 Å². The third-order valence-corrected chi connectivity index (χ3v) is 3.67. The maximum atomic E-state index is 12.4. The van der Waals surface area contributed by atoms with E-state index in [4.69, 9.17) is 9.84 Å². The molecule has 0 unspecified atom stereocenters. The van der Waals surface area contributed by atoms with Crippen molar-refractivity contribution in [3.63, 3.8) is 0 Å². The molecule has 0 spiro atoms. The van der Waals surface area contributed by atoms with Gasteiger partial charge in [0.15, 0.2) is 0 Å². The second kappa shape index (κ2) is 8.84. The van der Waals surface area contributed by atoms with Crippen LogP contribution in [0.3, 0.4) is 0 Å². The fourth-order valence-corrected chi connectivity index (χ4v) is 2.63. The molecule has 0 aromatic rings. The summed E-state index contributed by atoms with van der Waals surface area (Å²) in [6.45, 7) is 2.79. The zero-order valence-electron chi connectivity index (χ0n) is 13.2. The molecular formula is C14H27N3O4. The van der Waals surface area contributed by atoms with Gasteiger partial charge >= 0.3 is 12.0 Å². The molecule has 1 aliphatic heterocycles. The average Bonchev–Trinajstić information content (AvgIpc) is 2.42. The average molecular weight is 301 g/mol. The van der Waals surface area contributed by atoms with Gasteiger partial charge in [0.2, 0.25) is 0 Å². The summed E-state index contributed by atoms with van der Waals surface area (Å²) in [7, 11) is 5.64. The number of aliphatic carboxylic acids is 1. The number of nitrogens with zero attached hydrogens (tertiary/aromatic N) is 3. The Morgan fingerprint density at radius 2 is 1.90 bits per heavy atom. The van der Waals surface area contributed by atoms with Crippen LogP contribution in [0.25, 0.3) is 0 Å². The molecular weight excluding hydrogens is 274 g/mol. The number of amides is 2. The highest BCUT2D eigenvalue weighted by atomic mass is 16.5. The summed E-state index contributed by atoms with van der Waals surface area (Å²) in [4.78, 5) is 28.5. The molecule has 1 fully saturated rings. The molecule has 122 valence electrons. The Kier molecular flexibility index (Phi) is 7.45.